The van der Waals surface area contributed by atoms with Crippen LogP contribution in [-0.4, -0.2) is 27.6 Å². The minimum Gasteiger partial charge on any atom is -0.462 e. The van der Waals surface area contributed by atoms with E-state index in [1.165, 1.54) is 22.1 Å². The summed E-state index contributed by atoms with van der Waals surface area (Å²) in [6.07, 6.45) is 1.81. The number of carbonyl (C=O) groups is 2. The zero-order valence-electron chi connectivity index (χ0n) is 17.4. The van der Waals surface area contributed by atoms with Gasteiger partial charge in [0, 0.05) is 12.7 Å². The molecule has 30 heavy (non-hydrogen) atoms. The molecule has 0 fully saturated rings. The van der Waals surface area contributed by atoms with Crippen LogP contribution in [0.2, 0.25) is 0 Å². The SMILES string of the molecule is CCOC(=O)c1c(CC(C)C)csc1NC(=O)Cn1c(=O)c(C#N)cn(CC)c1=O. The molecule has 0 spiro atoms. The van der Waals surface area contributed by atoms with Gasteiger partial charge in [-0.2, -0.15) is 5.26 Å². The van der Waals surface area contributed by atoms with Crippen LogP contribution in [0, 0.1) is 17.2 Å². The number of aryl methyl sites for hydroxylation is 1. The van der Waals surface area contributed by atoms with Gasteiger partial charge in [-0.15, -0.1) is 11.3 Å². The summed E-state index contributed by atoms with van der Waals surface area (Å²) < 4.78 is 7.02. The Morgan fingerprint density at radius 2 is 2.00 bits per heavy atom. The molecular weight excluding hydrogens is 408 g/mol. The highest BCUT2D eigenvalue weighted by Gasteiger charge is 2.23. The average molecular weight is 433 g/mol. The smallest absolute Gasteiger partial charge is 0.341 e. The Balaban J connectivity index is 2.37. The van der Waals surface area contributed by atoms with Gasteiger partial charge in [0.25, 0.3) is 5.56 Å². The van der Waals surface area contributed by atoms with Gasteiger partial charge < -0.3 is 10.1 Å². The molecule has 2 rings (SSSR count). The van der Waals surface area contributed by atoms with Crippen LogP contribution in [0.5, 0.6) is 0 Å². The molecule has 0 saturated heterocycles. The van der Waals surface area contributed by atoms with Crippen LogP contribution in [-0.2, 0) is 29.0 Å². The molecule has 1 N–H and O–H groups in total. The molecule has 160 valence electrons. The molecule has 0 saturated carbocycles. The number of amides is 1. The van der Waals surface area contributed by atoms with Gasteiger partial charge in [0.2, 0.25) is 5.91 Å². The topological polar surface area (TPSA) is 123 Å². The summed E-state index contributed by atoms with van der Waals surface area (Å²) in [6.45, 7) is 7.26. The van der Waals surface area contributed by atoms with Gasteiger partial charge >= 0.3 is 11.7 Å². The Kier molecular flexibility index (Phi) is 7.72. The third kappa shape index (κ3) is 5.04. The predicted molar refractivity (Wildman–Crippen MR) is 113 cm³/mol. The highest BCUT2D eigenvalue weighted by Crippen LogP contribution is 2.31. The maximum atomic E-state index is 12.6. The van der Waals surface area contributed by atoms with E-state index in [0.29, 0.717) is 16.0 Å². The van der Waals surface area contributed by atoms with Crippen LogP contribution in [0.3, 0.4) is 0 Å². The Morgan fingerprint density at radius 1 is 1.30 bits per heavy atom. The fraction of sp³-hybridized carbons (Fsp3) is 0.450. The van der Waals surface area contributed by atoms with Gasteiger partial charge in [-0.3, -0.25) is 14.2 Å². The number of rotatable bonds is 8. The Bertz CT molecular complexity index is 1100. The van der Waals surface area contributed by atoms with Crippen molar-refractivity contribution in [3.05, 3.63) is 49.1 Å². The third-order valence-electron chi connectivity index (χ3n) is 4.23. The van der Waals surface area contributed by atoms with Crippen molar-refractivity contribution in [1.29, 1.82) is 5.26 Å². The van der Waals surface area contributed by atoms with E-state index in [4.69, 9.17) is 10.00 Å². The monoisotopic (exact) mass is 432 g/mol. The molecule has 0 unspecified atom stereocenters. The van der Waals surface area contributed by atoms with Gasteiger partial charge in [0.15, 0.2) is 0 Å². The predicted octanol–water partition coefficient (Wildman–Crippen LogP) is 1.98. The molecule has 2 heterocycles. The Hall–Kier alpha value is -3.19. The molecule has 0 aliphatic carbocycles. The molecular formula is C20H24N4O5S. The van der Waals surface area contributed by atoms with E-state index >= 15 is 0 Å². The first kappa shape index (κ1) is 23.1. The van der Waals surface area contributed by atoms with Crippen LogP contribution in [0.4, 0.5) is 5.00 Å². The second-order valence-electron chi connectivity index (χ2n) is 6.95. The molecule has 0 aliphatic heterocycles. The quantitative estimate of drug-likeness (QED) is 0.636. The lowest BCUT2D eigenvalue weighted by atomic mass is 10.0. The van der Waals surface area contributed by atoms with Crippen molar-refractivity contribution in [3.63, 3.8) is 0 Å². The molecule has 0 radical (unpaired) electrons. The molecule has 9 nitrogen and oxygen atoms in total. The van der Waals surface area contributed by atoms with Crippen LogP contribution in [0.1, 0.15) is 49.2 Å². The molecule has 2 aromatic heterocycles. The molecule has 1 amide bonds. The number of nitrogens with one attached hydrogen (secondary N) is 1. The number of esters is 1. The standard InChI is InChI=1S/C20H24N4O5S/c1-5-23-9-14(8-21)18(26)24(20(23)28)10-15(25)22-17-16(19(27)29-6-2)13(11-30-17)7-12(3)4/h9,11-12H,5-7,10H2,1-4H3,(H,22,25). The van der Waals surface area contributed by atoms with E-state index in [2.05, 4.69) is 5.32 Å². The number of hydrogen-bond acceptors (Lipinski definition) is 7. The third-order valence-corrected chi connectivity index (χ3v) is 5.17. The number of aromatic nitrogens is 2. The molecule has 0 aliphatic rings. The van der Waals surface area contributed by atoms with Gasteiger partial charge in [-0.05, 0) is 37.1 Å². The van der Waals surface area contributed by atoms with Gasteiger partial charge in [-0.1, -0.05) is 13.8 Å². The first-order valence-corrected chi connectivity index (χ1v) is 10.4. The van der Waals surface area contributed by atoms with Crippen molar-refractivity contribution in [2.45, 2.75) is 47.2 Å². The van der Waals surface area contributed by atoms with Gasteiger partial charge in [0.05, 0.1) is 12.2 Å². The second-order valence-corrected chi connectivity index (χ2v) is 7.83. The largest absolute Gasteiger partial charge is 0.462 e. The van der Waals surface area contributed by atoms with Crippen molar-refractivity contribution < 1.29 is 14.3 Å². The maximum absolute atomic E-state index is 12.6. The van der Waals surface area contributed by atoms with E-state index in [9.17, 15) is 19.2 Å². The minimum atomic E-state index is -0.834. The summed E-state index contributed by atoms with van der Waals surface area (Å²) in [6, 6.07) is 1.74. The second kappa shape index (κ2) is 10.0. The lowest BCUT2D eigenvalue weighted by Gasteiger charge is -2.11. The zero-order valence-corrected chi connectivity index (χ0v) is 18.2. The summed E-state index contributed by atoms with van der Waals surface area (Å²) in [5, 5.41) is 13.8. The summed E-state index contributed by atoms with van der Waals surface area (Å²) in [4.78, 5) is 49.8. The van der Waals surface area contributed by atoms with Crippen LogP contribution in [0.15, 0.2) is 21.2 Å². The number of anilines is 1. The van der Waals surface area contributed by atoms with E-state index in [0.717, 1.165) is 5.56 Å². The number of carbonyl (C=O) groups excluding carboxylic acids is 2. The number of thiophene rings is 1. The van der Waals surface area contributed by atoms with Crippen molar-refractivity contribution in [3.8, 4) is 6.07 Å². The number of nitrogens with zero attached hydrogens (tertiary/aromatic N) is 3. The Morgan fingerprint density at radius 3 is 2.57 bits per heavy atom. The highest BCUT2D eigenvalue weighted by molar-refractivity contribution is 7.15. The molecule has 2 aromatic rings. The van der Waals surface area contributed by atoms with E-state index in [1.807, 2.05) is 13.8 Å². The minimum absolute atomic E-state index is 0.191. The van der Waals surface area contributed by atoms with Crippen molar-refractivity contribution in [1.82, 2.24) is 9.13 Å². The van der Waals surface area contributed by atoms with E-state index in [-0.39, 0.29) is 30.2 Å². The average Bonchev–Trinajstić information content (AvgIpc) is 3.06. The first-order valence-electron chi connectivity index (χ1n) is 9.55. The normalized spacial score (nSPS) is 10.7. The van der Waals surface area contributed by atoms with Gasteiger partial charge in [-0.25, -0.2) is 14.2 Å². The maximum Gasteiger partial charge on any atom is 0.341 e. The molecule has 0 aromatic carbocycles. The lowest BCUT2D eigenvalue weighted by molar-refractivity contribution is -0.116. The summed E-state index contributed by atoms with van der Waals surface area (Å²) >= 11 is 1.18. The van der Waals surface area contributed by atoms with Crippen LogP contribution < -0.4 is 16.6 Å². The van der Waals surface area contributed by atoms with Crippen LogP contribution >= 0.6 is 11.3 Å². The van der Waals surface area contributed by atoms with Gasteiger partial charge in [0.1, 0.15) is 23.2 Å². The summed E-state index contributed by atoms with van der Waals surface area (Å²) in [5.41, 5.74) is -0.700. The fourth-order valence-electron chi connectivity index (χ4n) is 2.91. The van der Waals surface area contributed by atoms with E-state index < -0.39 is 29.7 Å². The van der Waals surface area contributed by atoms with E-state index in [1.54, 1.807) is 25.3 Å². The number of nitriles is 1. The molecule has 0 bridgehead atoms. The van der Waals surface area contributed by atoms with Crippen molar-refractivity contribution >= 4 is 28.2 Å². The fourth-order valence-corrected chi connectivity index (χ4v) is 3.89. The summed E-state index contributed by atoms with van der Waals surface area (Å²) in [7, 11) is 0. The number of hydrogen-bond donors (Lipinski definition) is 1. The number of ether oxygens (including phenoxy) is 1. The Labute approximate surface area is 177 Å². The lowest BCUT2D eigenvalue weighted by Crippen LogP contribution is -2.43. The zero-order chi connectivity index (χ0) is 22.4. The van der Waals surface area contributed by atoms with Crippen molar-refractivity contribution in [2.24, 2.45) is 5.92 Å². The molecule has 10 heteroatoms. The van der Waals surface area contributed by atoms with Crippen LogP contribution in [0.25, 0.3) is 0 Å². The first-order chi connectivity index (χ1) is 14.2. The summed E-state index contributed by atoms with van der Waals surface area (Å²) in [5.74, 6) is -0.909. The molecule has 0 atom stereocenters. The highest BCUT2D eigenvalue weighted by atomic mass is 32.1. The van der Waals surface area contributed by atoms with Crippen molar-refractivity contribution in [2.75, 3.05) is 11.9 Å².